The highest BCUT2D eigenvalue weighted by molar-refractivity contribution is 7.90. The molecule has 112 valence electrons. The highest BCUT2D eigenvalue weighted by Crippen LogP contribution is 2.11. The molecular formula is C16H14N2O3S. The molecule has 2 aromatic carbocycles. The van der Waals surface area contributed by atoms with E-state index in [2.05, 4.69) is 17.2 Å². The molecule has 0 saturated heterocycles. The van der Waals surface area contributed by atoms with Crippen LogP contribution in [0.2, 0.25) is 0 Å². The van der Waals surface area contributed by atoms with Crippen molar-refractivity contribution >= 4 is 21.7 Å². The first-order chi connectivity index (χ1) is 10.5. The third-order valence-electron chi connectivity index (χ3n) is 2.67. The van der Waals surface area contributed by atoms with Crippen LogP contribution in [-0.2, 0) is 10.0 Å². The third-order valence-corrected chi connectivity index (χ3v) is 4.02. The molecule has 0 radical (unpaired) electrons. The van der Waals surface area contributed by atoms with Crippen molar-refractivity contribution in [1.29, 1.82) is 0 Å². The fourth-order valence-corrected chi connectivity index (χ4v) is 2.68. The van der Waals surface area contributed by atoms with Crippen LogP contribution < -0.4 is 10.0 Å². The Morgan fingerprint density at radius 1 is 1.05 bits per heavy atom. The van der Waals surface area contributed by atoms with Crippen LogP contribution in [0.4, 0.5) is 10.5 Å². The average molecular weight is 314 g/mol. The molecule has 6 heteroatoms. The van der Waals surface area contributed by atoms with Crippen LogP contribution in [0.25, 0.3) is 0 Å². The van der Waals surface area contributed by atoms with Gasteiger partial charge < -0.3 is 5.32 Å². The van der Waals surface area contributed by atoms with Crippen LogP contribution in [-0.4, -0.2) is 14.4 Å². The van der Waals surface area contributed by atoms with Gasteiger partial charge in [0.05, 0.1) is 4.90 Å². The zero-order valence-electron chi connectivity index (χ0n) is 11.8. The molecule has 0 aliphatic rings. The molecule has 0 fully saturated rings. The highest BCUT2D eigenvalue weighted by atomic mass is 32.2. The number of nitrogens with one attached hydrogen (secondary N) is 2. The van der Waals surface area contributed by atoms with Crippen molar-refractivity contribution in [2.24, 2.45) is 0 Å². The Kier molecular flexibility index (Phi) is 4.81. The molecule has 0 aliphatic heterocycles. The van der Waals surface area contributed by atoms with Gasteiger partial charge in [-0.2, -0.15) is 0 Å². The Hall–Kier alpha value is -2.78. The largest absolute Gasteiger partial charge is 0.333 e. The van der Waals surface area contributed by atoms with Gasteiger partial charge in [-0.15, -0.1) is 5.92 Å². The van der Waals surface area contributed by atoms with Gasteiger partial charge in [0.25, 0.3) is 10.0 Å². The predicted molar refractivity (Wildman–Crippen MR) is 84.8 cm³/mol. The van der Waals surface area contributed by atoms with E-state index in [0.29, 0.717) is 5.69 Å². The van der Waals surface area contributed by atoms with E-state index in [1.54, 1.807) is 49.4 Å². The van der Waals surface area contributed by atoms with Crippen molar-refractivity contribution in [2.75, 3.05) is 5.32 Å². The first kappa shape index (κ1) is 15.6. The zero-order chi connectivity index (χ0) is 16.0. The summed E-state index contributed by atoms with van der Waals surface area (Å²) < 4.78 is 26.0. The van der Waals surface area contributed by atoms with Crippen LogP contribution in [0.15, 0.2) is 59.5 Å². The minimum atomic E-state index is -3.89. The van der Waals surface area contributed by atoms with Gasteiger partial charge in [-0.3, -0.25) is 0 Å². The molecule has 0 heterocycles. The molecule has 2 amide bonds. The molecular weight excluding hydrogens is 300 g/mol. The SMILES string of the molecule is CC#Cc1cccc(NC(=O)NS(=O)(=O)c2ccccc2)c1. The second-order valence-electron chi connectivity index (χ2n) is 4.33. The monoisotopic (exact) mass is 314 g/mol. The molecule has 5 nitrogen and oxygen atoms in total. The summed E-state index contributed by atoms with van der Waals surface area (Å²) in [6.07, 6.45) is 0. The second-order valence-corrected chi connectivity index (χ2v) is 6.01. The first-order valence-corrected chi connectivity index (χ1v) is 7.91. The Morgan fingerprint density at radius 3 is 2.45 bits per heavy atom. The van der Waals surface area contributed by atoms with E-state index < -0.39 is 16.1 Å². The molecule has 0 aliphatic carbocycles. The van der Waals surface area contributed by atoms with Gasteiger partial charge in [-0.1, -0.05) is 30.2 Å². The van der Waals surface area contributed by atoms with Crippen molar-refractivity contribution in [3.63, 3.8) is 0 Å². The van der Waals surface area contributed by atoms with Crippen LogP contribution in [0.3, 0.4) is 0 Å². The summed E-state index contributed by atoms with van der Waals surface area (Å²) in [5.41, 5.74) is 1.19. The molecule has 2 N–H and O–H groups in total. The van der Waals surface area contributed by atoms with Crippen molar-refractivity contribution in [2.45, 2.75) is 11.8 Å². The number of carbonyl (C=O) groups excluding carboxylic acids is 1. The fraction of sp³-hybridized carbons (Fsp3) is 0.0625. The predicted octanol–water partition coefficient (Wildman–Crippen LogP) is 2.57. The smallest absolute Gasteiger partial charge is 0.307 e. The maximum atomic E-state index is 12.0. The van der Waals surface area contributed by atoms with Crippen LogP contribution in [0.5, 0.6) is 0 Å². The maximum absolute atomic E-state index is 12.0. The van der Waals surface area contributed by atoms with E-state index in [-0.39, 0.29) is 4.90 Å². The van der Waals surface area contributed by atoms with E-state index in [4.69, 9.17) is 0 Å². The van der Waals surface area contributed by atoms with E-state index in [1.807, 2.05) is 4.72 Å². The number of carbonyl (C=O) groups is 1. The van der Waals surface area contributed by atoms with Gasteiger partial charge in [0, 0.05) is 11.3 Å². The summed E-state index contributed by atoms with van der Waals surface area (Å²) in [5, 5.41) is 2.47. The Morgan fingerprint density at radius 2 is 1.77 bits per heavy atom. The topological polar surface area (TPSA) is 75.3 Å². The van der Waals surface area contributed by atoms with Crippen LogP contribution >= 0.6 is 0 Å². The number of sulfonamides is 1. The van der Waals surface area contributed by atoms with Gasteiger partial charge in [0.2, 0.25) is 0 Å². The summed E-state index contributed by atoms with van der Waals surface area (Å²) in [6.45, 7) is 1.71. The number of benzene rings is 2. The normalized spacial score (nSPS) is 10.2. The number of anilines is 1. The zero-order valence-corrected chi connectivity index (χ0v) is 12.6. The summed E-state index contributed by atoms with van der Waals surface area (Å²) in [5.74, 6) is 5.61. The lowest BCUT2D eigenvalue weighted by molar-refractivity contribution is 0.256. The first-order valence-electron chi connectivity index (χ1n) is 6.43. The average Bonchev–Trinajstić information content (AvgIpc) is 2.48. The molecule has 0 bridgehead atoms. The van der Waals surface area contributed by atoms with E-state index in [0.717, 1.165) is 5.56 Å². The lowest BCUT2D eigenvalue weighted by Gasteiger charge is -2.08. The Bertz CT molecular complexity index is 834. The highest BCUT2D eigenvalue weighted by Gasteiger charge is 2.16. The summed E-state index contributed by atoms with van der Waals surface area (Å²) in [7, 11) is -3.89. The second kappa shape index (κ2) is 6.78. The Labute approximate surface area is 129 Å². The molecule has 0 spiro atoms. The standard InChI is InChI=1S/C16H14N2O3S/c1-2-7-13-8-6-9-14(12-13)17-16(19)18-22(20,21)15-10-4-3-5-11-15/h3-6,8-12H,1H3,(H2,17,18,19). The molecule has 2 rings (SSSR count). The van der Waals surface area contributed by atoms with Crippen LogP contribution in [0.1, 0.15) is 12.5 Å². The molecule has 2 aromatic rings. The summed E-state index contributed by atoms with van der Waals surface area (Å²) >= 11 is 0. The quantitative estimate of drug-likeness (QED) is 0.855. The van der Waals surface area contributed by atoms with Gasteiger partial charge >= 0.3 is 6.03 Å². The molecule has 22 heavy (non-hydrogen) atoms. The van der Waals surface area contributed by atoms with Gasteiger partial charge in [-0.05, 0) is 37.3 Å². The number of urea groups is 1. The van der Waals surface area contributed by atoms with Crippen molar-refractivity contribution < 1.29 is 13.2 Å². The number of hydrogen-bond acceptors (Lipinski definition) is 3. The van der Waals surface area contributed by atoms with E-state index >= 15 is 0 Å². The summed E-state index contributed by atoms with van der Waals surface area (Å²) in [6, 6.07) is 13.7. The minimum Gasteiger partial charge on any atom is -0.307 e. The summed E-state index contributed by atoms with van der Waals surface area (Å²) in [4.78, 5) is 11.9. The van der Waals surface area contributed by atoms with E-state index in [1.165, 1.54) is 12.1 Å². The molecule has 0 saturated carbocycles. The number of hydrogen-bond donors (Lipinski definition) is 2. The lowest BCUT2D eigenvalue weighted by Crippen LogP contribution is -2.34. The number of amides is 2. The van der Waals surface area contributed by atoms with Crippen molar-refractivity contribution in [3.05, 3.63) is 60.2 Å². The van der Waals surface area contributed by atoms with Gasteiger partial charge in [-0.25, -0.2) is 17.9 Å². The van der Waals surface area contributed by atoms with E-state index in [9.17, 15) is 13.2 Å². The van der Waals surface area contributed by atoms with Crippen LogP contribution in [0, 0.1) is 11.8 Å². The third kappa shape index (κ3) is 4.11. The minimum absolute atomic E-state index is 0.0238. The number of rotatable bonds is 3. The maximum Gasteiger partial charge on any atom is 0.333 e. The van der Waals surface area contributed by atoms with Gasteiger partial charge in [0.1, 0.15) is 0 Å². The van der Waals surface area contributed by atoms with Crippen molar-refractivity contribution in [3.8, 4) is 11.8 Å². The molecule has 0 aromatic heterocycles. The lowest BCUT2D eigenvalue weighted by atomic mass is 10.2. The fourth-order valence-electron chi connectivity index (χ4n) is 1.76. The molecule has 0 atom stereocenters. The molecule has 0 unspecified atom stereocenters. The Balaban J connectivity index is 2.10. The van der Waals surface area contributed by atoms with Gasteiger partial charge in [0.15, 0.2) is 0 Å². The van der Waals surface area contributed by atoms with Crippen molar-refractivity contribution in [1.82, 2.24) is 4.72 Å².